The summed E-state index contributed by atoms with van der Waals surface area (Å²) in [5.74, 6) is -1.11. The van der Waals surface area contributed by atoms with Crippen molar-refractivity contribution in [3.8, 4) is 0 Å². The Morgan fingerprint density at radius 3 is 2.44 bits per heavy atom. The summed E-state index contributed by atoms with van der Waals surface area (Å²) in [6.07, 6.45) is 2.68. The van der Waals surface area contributed by atoms with Crippen LogP contribution < -0.4 is 26.1 Å². The summed E-state index contributed by atoms with van der Waals surface area (Å²) in [6.45, 7) is 6.74. The molecule has 170 valence electrons. The van der Waals surface area contributed by atoms with Crippen LogP contribution in [0.1, 0.15) is 12.5 Å². The Balaban J connectivity index is 0.000000390. The molecule has 0 radical (unpaired) electrons. The predicted octanol–water partition coefficient (Wildman–Crippen LogP) is -1.49. The fourth-order valence-corrected chi connectivity index (χ4v) is 2.59. The van der Waals surface area contributed by atoms with Gasteiger partial charge in [0.1, 0.15) is 0 Å². The number of carboxylic acids is 2. The van der Waals surface area contributed by atoms with E-state index < -0.39 is 11.9 Å². The average molecular weight is 442 g/mol. The highest BCUT2D eigenvalue weighted by Crippen LogP contribution is 2.13. The Morgan fingerprint density at radius 2 is 1.84 bits per heavy atom. The first-order valence-corrected chi connectivity index (χ1v) is 10.0. The van der Waals surface area contributed by atoms with Crippen molar-refractivity contribution in [1.29, 1.82) is 0 Å². The van der Waals surface area contributed by atoms with E-state index in [0.717, 1.165) is 38.3 Å². The Kier molecular flexibility index (Phi) is 10.1. The highest BCUT2D eigenvalue weighted by atomic mass is 16.4. The fraction of sp³-hybridized carbons (Fsp3) is 0.300. The number of rotatable bonds is 8. The van der Waals surface area contributed by atoms with Gasteiger partial charge in [0.15, 0.2) is 0 Å². The molecule has 1 aromatic carbocycles. The van der Waals surface area contributed by atoms with Crippen LogP contribution in [0.5, 0.6) is 0 Å². The topological polar surface area (TPSA) is 172 Å². The van der Waals surface area contributed by atoms with Crippen molar-refractivity contribution >= 4 is 36.0 Å². The van der Waals surface area contributed by atoms with Crippen molar-refractivity contribution in [2.24, 2.45) is 5.10 Å². The third-order valence-corrected chi connectivity index (χ3v) is 3.99. The Hall–Kier alpha value is -4.06. The quantitative estimate of drug-likeness (QED) is 0.214. The van der Waals surface area contributed by atoms with Crippen LogP contribution in [0.15, 0.2) is 47.6 Å². The molecule has 0 spiro atoms. The molecule has 0 aliphatic carbocycles. The number of carbonyl (C=O) groups is 2. The van der Waals surface area contributed by atoms with Crippen LogP contribution in [0.25, 0.3) is 0 Å². The molecule has 0 amide bonds. The van der Waals surface area contributed by atoms with E-state index in [1.165, 1.54) is 0 Å². The predicted molar refractivity (Wildman–Crippen MR) is 117 cm³/mol. The number of anilines is 3. The van der Waals surface area contributed by atoms with E-state index in [2.05, 4.69) is 41.0 Å². The molecular formula is C20H26N8O4. The SMILES string of the molecule is CCNc1nc(N/N=C/c2ccccc2)nc(N2CC[NH2+]CC2)n1.O=C([O-])/C=C/C(=O)O. The minimum atomic E-state index is -1.51. The van der Waals surface area contributed by atoms with Crippen LogP contribution in [-0.4, -0.2) is 70.9 Å². The number of aliphatic carboxylic acids is 2. The molecule has 0 saturated carbocycles. The third kappa shape index (κ3) is 9.17. The Morgan fingerprint density at radius 1 is 1.16 bits per heavy atom. The van der Waals surface area contributed by atoms with Crippen LogP contribution in [0.3, 0.4) is 0 Å². The summed E-state index contributed by atoms with van der Waals surface area (Å²) in [6, 6.07) is 9.89. The highest BCUT2D eigenvalue weighted by Gasteiger charge is 2.17. The van der Waals surface area contributed by atoms with Crippen LogP contribution in [0.4, 0.5) is 17.8 Å². The number of nitrogens with zero attached hydrogens (tertiary/aromatic N) is 5. The second-order valence-electron chi connectivity index (χ2n) is 6.44. The van der Waals surface area contributed by atoms with Gasteiger partial charge in [-0.2, -0.15) is 20.1 Å². The summed E-state index contributed by atoms with van der Waals surface area (Å²) in [7, 11) is 0. The lowest BCUT2D eigenvalue weighted by Crippen LogP contribution is -2.89. The zero-order chi connectivity index (χ0) is 23.2. The van der Waals surface area contributed by atoms with Gasteiger partial charge < -0.3 is 30.5 Å². The maximum Gasteiger partial charge on any atom is 0.328 e. The number of hydrazone groups is 1. The molecule has 32 heavy (non-hydrogen) atoms. The maximum atomic E-state index is 9.53. The van der Waals surface area contributed by atoms with Crippen molar-refractivity contribution in [1.82, 2.24) is 15.0 Å². The molecule has 12 heteroatoms. The number of nitrogens with two attached hydrogens (primary N) is 1. The molecule has 1 saturated heterocycles. The number of hydrogen-bond donors (Lipinski definition) is 4. The molecule has 2 aromatic rings. The summed E-state index contributed by atoms with van der Waals surface area (Å²) in [4.78, 5) is 34.5. The van der Waals surface area contributed by atoms with E-state index >= 15 is 0 Å². The second kappa shape index (κ2) is 13.3. The Bertz CT molecular complexity index is 914. The van der Waals surface area contributed by atoms with Gasteiger partial charge in [-0.1, -0.05) is 30.3 Å². The molecular weight excluding hydrogens is 416 g/mol. The van der Waals surface area contributed by atoms with Gasteiger partial charge in [0.2, 0.25) is 17.8 Å². The monoisotopic (exact) mass is 442 g/mol. The van der Waals surface area contributed by atoms with Gasteiger partial charge in [0, 0.05) is 12.6 Å². The number of piperazine rings is 1. The number of carbonyl (C=O) groups excluding carboxylic acids is 1. The zero-order valence-corrected chi connectivity index (χ0v) is 17.6. The summed E-state index contributed by atoms with van der Waals surface area (Å²) < 4.78 is 0. The highest BCUT2D eigenvalue weighted by molar-refractivity contribution is 5.88. The van der Waals surface area contributed by atoms with Gasteiger partial charge in [0.05, 0.1) is 38.4 Å². The fourth-order valence-electron chi connectivity index (χ4n) is 2.59. The van der Waals surface area contributed by atoms with Gasteiger partial charge >= 0.3 is 5.97 Å². The molecule has 0 atom stereocenters. The molecule has 3 rings (SSSR count). The smallest absolute Gasteiger partial charge is 0.328 e. The first-order valence-electron chi connectivity index (χ1n) is 10.0. The van der Waals surface area contributed by atoms with Crippen molar-refractivity contribution in [3.05, 3.63) is 48.0 Å². The standard InChI is InChI=1S/C16H22N8.C4H4O4/c1-2-18-14-20-15(23-19-12-13-6-4-3-5-7-13)22-16(21-14)24-10-8-17-9-11-24;5-3(6)1-2-4(7)8/h3-7,12,17H,2,8-11H2,1H3,(H2,18,20,21,22,23);1-2H,(H,5,6)(H,7,8)/b19-12+;2-1+. The molecule has 2 heterocycles. The van der Waals surface area contributed by atoms with Gasteiger partial charge in [0.25, 0.3) is 0 Å². The number of quaternary nitrogens is 1. The third-order valence-electron chi connectivity index (χ3n) is 3.99. The van der Waals surface area contributed by atoms with E-state index in [1.54, 1.807) is 6.21 Å². The minimum Gasteiger partial charge on any atom is -0.545 e. The van der Waals surface area contributed by atoms with E-state index in [9.17, 15) is 14.7 Å². The molecule has 1 aromatic heterocycles. The molecule has 12 nitrogen and oxygen atoms in total. The molecule has 1 aliphatic heterocycles. The molecule has 5 N–H and O–H groups in total. The van der Waals surface area contributed by atoms with Crippen molar-refractivity contribution in [3.63, 3.8) is 0 Å². The van der Waals surface area contributed by atoms with E-state index in [-0.39, 0.29) is 0 Å². The normalized spacial score (nSPS) is 13.5. The van der Waals surface area contributed by atoms with Gasteiger partial charge in [-0.05, 0) is 18.6 Å². The lowest BCUT2D eigenvalue weighted by atomic mass is 10.2. The average Bonchev–Trinajstić information content (AvgIpc) is 2.80. The number of hydrogen-bond acceptors (Lipinski definition) is 10. The largest absolute Gasteiger partial charge is 0.545 e. The molecule has 1 fully saturated rings. The van der Waals surface area contributed by atoms with Crippen LogP contribution >= 0.6 is 0 Å². The summed E-state index contributed by atoms with van der Waals surface area (Å²) in [5.41, 5.74) is 3.92. The van der Waals surface area contributed by atoms with Gasteiger partial charge in [-0.25, -0.2) is 10.2 Å². The maximum absolute atomic E-state index is 9.53. The number of aromatic nitrogens is 3. The molecule has 1 aliphatic rings. The van der Waals surface area contributed by atoms with E-state index in [4.69, 9.17) is 5.11 Å². The van der Waals surface area contributed by atoms with Gasteiger partial charge in [-0.3, -0.25) is 0 Å². The van der Waals surface area contributed by atoms with Crippen molar-refractivity contribution in [2.45, 2.75) is 6.92 Å². The van der Waals surface area contributed by atoms with Crippen LogP contribution in [0.2, 0.25) is 0 Å². The van der Waals surface area contributed by atoms with Crippen LogP contribution in [-0.2, 0) is 9.59 Å². The van der Waals surface area contributed by atoms with E-state index in [1.807, 2.05) is 37.3 Å². The first-order chi connectivity index (χ1) is 15.5. The zero-order valence-electron chi connectivity index (χ0n) is 17.6. The Labute approximate surface area is 185 Å². The first kappa shape index (κ1) is 24.2. The van der Waals surface area contributed by atoms with Crippen molar-refractivity contribution < 1.29 is 25.1 Å². The lowest BCUT2D eigenvalue weighted by Gasteiger charge is -2.25. The number of benzene rings is 1. The second-order valence-corrected chi connectivity index (χ2v) is 6.44. The summed E-state index contributed by atoms with van der Waals surface area (Å²) >= 11 is 0. The van der Waals surface area contributed by atoms with Gasteiger partial charge in [-0.15, -0.1) is 0 Å². The lowest BCUT2D eigenvalue weighted by molar-refractivity contribution is -0.655. The van der Waals surface area contributed by atoms with E-state index in [0.29, 0.717) is 30.0 Å². The molecule has 0 bridgehead atoms. The summed E-state index contributed by atoms with van der Waals surface area (Å²) in [5, 5.41) is 26.9. The number of nitrogens with one attached hydrogen (secondary N) is 2. The number of carboxylic acid groups (broad SMARTS) is 2. The van der Waals surface area contributed by atoms with Crippen molar-refractivity contribution in [2.75, 3.05) is 48.4 Å². The molecule has 0 unspecified atom stereocenters. The van der Waals surface area contributed by atoms with Crippen LogP contribution in [0, 0.1) is 0 Å². The minimum absolute atomic E-state index is 0.442.